The Kier molecular flexibility index (Phi) is 4.87. The summed E-state index contributed by atoms with van der Waals surface area (Å²) in [5, 5.41) is 28.5. The zero-order valence-corrected chi connectivity index (χ0v) is 10.4. The first kappa shape index (κ1) is 14.4. The predicted octanol–water partition coefficient (Wildman–Crippen LogP) is -1.03. The maximum atomic E-state index is 9.77. The molecular formula is C13H19NO5. The second kappa shape index (κ2) is 6.42. The van der Waals surface area contributed by atoms with Crippen molar-refractivity contribution in [3.8, 4) is 0 Å². The number of nitrogens with two attached hydrogens (primary N) is 1. The Bertz CT molecular complexity index is 386. The van der Waals surface area contributed by atoms with Gasteiger partial charge in [0.15, 0.2) is 6.29 Å². The summed E-state index contributed by atoms with van der Waals surface area (Å²) >= 11 is 0. The van der Waals surface area contributed by atoms with Crippen molar-refractivity contribution in [3.05, 3.63) is 35.9 Å². The van der Waals surface area contributed by atoms with Gasteiger partial charge >= 0.3 is 0 Å². The number of hydrogen-bond donors (Lipinski definition) is 4. The fourth-order valence-corrected chi connectivity index (χ4v) is 2.01. The Hall–Kier alpha value is -1.02. The molecule has 6 heteroatoms. The zero-order chi connectivity index (χ0) is 13.8. The van der Waals surface area contributed by atoms with Crippen LogP contribution in [0.3, 0.4) is 0 Å². The van der Waals surface area contributed by atoms with Gasteiger partial charge in [-0.05, 0) is 5.56 Å². The molecule has 0 amide bonds. The quantitative estimate of drug-likeness (QED) is 0.557. The summed E-state index contributed by atoms with van der Waals surface area (Å²) in [5.74, 6) is 0. The van der Waals surface area contributed by atoms with Crippen LogP contribution >= 0.6 is 0 Å². The summed E-state index contributed by atoms with van der Waals surface area (Å²) < 4.78 is 10.8. The molecule has 5 atom stereocenters. The average Bonchev–Trinajstić information content (AvgIpc) is 2.45. The minimum Gasteiger partial charge on any atom is -0.394 e. The first-order chi connectivity index (χ1) is 9.13. The molecule has 0 spiro atoms. The van der Waals surface area contributed by atoms with Crippen LogP contribution in [0.1, 0.15) is 5.56 Å². The fourth-order valence-electron chi connectivity index (χ4n) is 2.01. The van der Waals surface area contributed by atoms with E-state index in [-0.39, 0.29) is 6.61 Å². The van der Waals surface area contributed by atoms with Gasteiger partial charge in [0.05, 0.1) is 19.3 Å². The van der Waals surface area contributed by atoms with Gasteiger partial charge in [0.1, 0.15) is 18.3 Å². The van der Waals surface area contributed by atoms with Crippen LogP contribution in [0.4, 0.5) is 0 Å². The second-order valence-electron chi connectivity index (χ2n) is 4.58. The van der Waals surface area contributed by atoms with Gasteiger partial charge in [-0.3, -0.25) is 0 Å². The maximum Gasteiger partial charge on any atom is 0.176 e. The number of hydrogen-bond acceptors (Lipinski definition) is 6. The molecule has 0 aliphatic carbocycles. The van der Waals surface area contributed by atoms with Gasteiger partial charge in [-0.1, -0.05) is 30.3 Å². The molecule has 0 radical (unpaired) electrons. The molecule has 6 nitrogen and oxygen atoms in total. The first-order valence-electron chi connectivity index (χ1n) is 6.17. The molecule has 1 aromatic rings. The maximum absolute atomic E-state index is 9.77. The van der Waals surface area contributed by atoms with E-state index in [9.17, 15) is 10.2 Å². The van der Waals surface area contributed by atoms with Crippen molar-refractivity contribution in [2.45, 2.75) is 37.3 Å². The molecule has 1 fully saturated rings. The minimum absolute atomic E-state index is 0.278. The van der Waals surface area contributed by atoms with Crippen LogP contribution in [0.15, 0.2) is 30.3 Å². The van der Waals surface area contributed by atoms with Crippen LogP contribution < -0.4 is 5.73 Å². The van der Waals surface area contributed by atoms with E-state index in [1.54, 1.807) is 0 Å². The molecule has 0 aromatic heterocycles. The Morgan fingerprint density at radius 3 is 2.47 bits per heavy atom. The summed E-state index contributed by atoms with van der Waals surface area (Å²) in [7, 11) is 0. The highest BCUT2D eigenvalue weighted by molar-refractivity contribution is 5.13. The monoisotopic (exact) mass is 269 g/mol. The Morgan fingerprint density at radius 1 is 1.16 bits per heavy atom. The van der Waals surface area contributed by atoms with E-state index in [0.29, 0.717) is 0 Å². The number of ether oxygens (including phenoxy) is 2. The van der Waals surface area contributed by atoms with Crippen LogP contribution in [0.2, 0.25) is 0 Å². The van der Waals surface area contributed by atoms with Gasteiger partial charge in [0.25, 0.3) is 0 Å². The number of aliphatic hydroxyl groups excluding tert-OH is 3. The van der Waals surface area contributed by atoms with E-state index in [2.05, 4.69) is 0 Å². The Labute approximate surface area is 111 Å². The van der Waals surface area contributed by atoms with Crippen LogP contribution in [-0.4, -0.2) is 52.6 Å². The summed E-state index contributed by atoms with van der Waals surface area (Å²) in [6.07, 6.45) is -4.16. The van der Waals surface area contributed by atoms with Gasteiger partial charge in [0, 0.05) is 0 Å². The summed E-state index contributed by atoms with van der Waals surface area (Å²) in [6, 6.07) is 8.59. The normalized spacial score (nSPS) is 35.3. The smallest absolute Gasteiger partial charge is 0.176 e. The molecule has 5 N–H and O–H groups in total. The molecular weight excluding hydrogens is 250 g/mol. The highest BCUT2D eigenvalue weighted by atomic mass is 16.7. The van der Waals surface area contributed by atoms with Gasteiger partial charge in [-0.15, -0.1) is 0 Å². The molecule has 1 heterocycles. The van der Waals surface area contributed by atoms with Crippen molar-refractivity contribution >= 4 is 0 Å². The van der Waals surface area contributed by atoms with Crippen molar-refractivity contribution in [3.63, 3.8) is 0 Å². The SMILES string of the molecule is N[C@H]1[C@H](OCc2ccccc2)O[C@H](CO)[C@@H](O)[C@@H]1O. The molecule has 1 aliphatic rings. The van der Waals surface area contributed by atoms with E-state index in [1.807, 2.05) is 30.3 Å². The summed E-state index contributed by atoms with van der Waals surface area (Å²) in [4.78, 5) is 0. The third-order valence-corrected chi connectivity index (χ3v) is 3.19. The van der Waals surface area contributed by atoms with Crippen molar-refractivity contribution in [2.75, 3.05) is 6.61 Å². The van der Waals surface area contributed by atoms with E-state index in [0.717, 1.165) is 5.56 Å². The van der Waals surface area contributed by atoms with E-state index >= 15 is 0 Å². The molecule has 2 rings (SSSR count). The van der Waals surface area contributed by atoms with Gasteiger partial charge in [0.2, 0.25) is 0 Å². The standard InChI is InChI=1S/C13H19NO5/c14-10-12(17)11(16)9(6-15)19-13(10)18-7-8-4-2-1-3-5-8/h1-5,9-13,15-17H,6-7,14H2/t9-,10-,11-,12-,13-/m1/s1. The third kappa shape index (κ3) is 3.30. The lowest BCUT2D eigenvalue weighted by Gasteiger charge is -2.40. The van der Waals surface area contributed by atoms with Crippen molar-refractivity contribution < 1.29 is 24.8 Å². The molecule has 1 saturated heterocycles. The lowest BCUT2D eigenvalue weighted by atomic mass is 9.98. The van der Waals surface area contributed by atoms with Crippen LogP contribution in [0.25, 0.3) is 0 Å². The molecule has 1 aliphatic heterocycles. The summed E-state index contributed by atoms with van der Waals surface area (Å²) in [6.45, 7) is -0.129. The van der Waals surface area contributed by atoms with Crippen LogP contribution in [0, 0.1) is 0 Å². The number of benzene rings is 1. The Balaban J connectivity index is 1.95. The average molecular weight is 269 g/mol. The predicted molar refractivity (Wildman–Crippen MR) is 67.0 cm³/mol. The van der Waals surface area contributed by atoms with Crippen molar-refractivity contribution in [2.24, 2.45) is 5.73 Å². The van der Waals surface area contributed by atoms with Crippen LogP contribution in [0.5, 0.6) is 0 Å². The van der Waals surface area contributed by atoms with E-state index in [1.165, 1.54) is 0 Å². The lowest BCUT2D eigenvalue weighted by molar-refractivity contribution is -0.269. The molecule has 19 heavy (non-hydrogen) atoms. The number of rotatable bonds is 4. The fraction of sp³-hybridized carbons (Fsp3) is 0.538. The third-order valence-electron chi connectivity index (χ3n) is 3.19. The zero-order valence-electron chi connectivity index (χ0n) is 10.4. The highest BCUT2D eigenvalue weighted by Gasteiger charge is 2.42. The van der Waals surface area contributed by atoms with Gasteiger partial charge < -0.3 is 30.5 Å². The topological polar surface area (TPSA) is 105 Å². The minimum atomic E-state index is -1.21. The highest BCUT2D eigenvalue weighted by Crippen LogP contribution is 2.21. The number of aliphatic hydroxyl groups is 3. The van der Waals surface area contributed by atoms with Gasteiger partial charge in [-0.2, -0.15) is 0 Å². The van der Waals surface area contributed by atoms with Crippen molar-refractivity contribution in [1.29, 1.82) is 0 Å². The van der Waals surface area contributed by atoms with Crippen LogP contribution in [-0.2, 0) is 16.1 Å². The molecule has 0 bridgehead atoms. The first-order valence-corrected chi connectivity index (χ1v) is 6.17. The summed E-state index contributed by atoms with van der Waals surface area (Å²) in [5.41, 5.74) is 6.70. The van der Waals surface area contributed by atoms with Gasteiger partial charge in [-0.25, -0.2) is 0 Å². The van der Waals surface area contributed by atoms with E-state index in [4.69, 9.17) is 20.3 Å². The molecule has 1 aromatic carbocycles. The second-order valence-corrected chi connectivity index (χ2v) is 4.58. The largest absolute Gasteiger partial charge is 0.394 e. The molecule has 0 saturated carbocycles. The van der Waals surface area contributed by atoms with Crippen molar-refractivity contribution in [1.82, 2.24) is 0 Å². The molecule has 0 unspecified atom stereocenters. The molecule has 106 valence electrons. The lowest BCUT2D eigenvalue weighted by Crippen LogP contribution is -2.62. The van der Waals surface area contributed by atoms with E-state index < -0.39 is 37.3 Å². The Morgan fingerprint density at radius 2 is 1.84 bits per heavy atom.